The van der Waals surface area contributed by atoms with E-state index in [1.807, 2.05) is 37.8 Å². The number of hydrogen-bond acceptors (Lipinski definition) is 4. The van der Waals surface area contributed by atoms with Crippen LogP contribution in [0.25, 0.3) is 0 Å². The van der Waals surface area contributed by atoms with Crippen molar-refractivity contribution < 1.29 is 14.3 Å². The Hall–Kier alpha value is -2.04. The van der Waals surface area contributed by atoms with Gasteiger partial charge in [0.1, 0.15) is 5.60 Å². The molecule has 2 amide bonds. The topological polar surface area (TPSA) is 100 Å². The first-order valence-corrected chi connectivity index (χ1v) is 9.03. The van der Waals surface area contributed by atoms with E-state index in [-0.39, 0.29) is 36.0 Å². The minimum absolute atomic E-state index is 0. The highest BCUT2D eigenvalue weighted by Crippen LogP contribution is 2.12. The fraction of sp³-hybridized carbons (Fsp3) is 0.526. The third-order valence-corrected chi connectivity index (χ3v) is 4.12. The zero-order valence-electron chi connectivity index (χ0n) is 16.9. The molecule has 0 aliphatic carbocycles. The van der Waals surface area contributed by atoms with Crippen molar-refractivity contribution in [2.45, 2.75) is 32.9 Å². The SMILES string of the molecule is CNC(=O)c1ccc(CN=C(N)N2CCN(C(=O)OC(C)(C)C)CC2)cc1.I. The fourth-order valence-corrected chi connectivity index (χ4v) is 2.62. The normalized spacial score (nSPS) is 14.9. The van der Waals surface area contributed by atoms with Gasteiger partial charge >= 0.3 is 6.09 Å². The monoisotopic (exact) mass is 503 g/mol. The summed E-state index contributed by atoms with van der Waals surface area (Å²) in [6.45, 7) is 8.32. The smallest absolute Gasteiger partial charge is 0.410 e. The van der Waals surface area contributed by atoms with Crippen LogP contribution in [0.2, 0.25) is 0 Å². The highest BCUT2D eigenvalue weighted by atomic mass is 127. The number of nitrogens with two attached hydrogens (primary N) is 1. The van der Waals surface area contributed by atoms with E-state index in [0.29, 0.717) is 44.2 Å². The molecular weight excluding hydrogens is 473 g/mol. The van der Waals surface area contributed by atoms with Gasteiger partial charge in [0.15, 0.2) is 5.96 Å². The molecule has 1 heterocycles. The van der Waals surface area contributed by atoms with Gasteiger partial charge in [0.2, 0.25) is 0 Å². The molecule has 28 heavy (non-hydrogen) atoms. The molecule has 156 valence electrons. The second kappa shape index (κ2) is 10.5. The number of piperazine rings is 1. The van der Waals surface area contributed by atoms with Crippen molar-refractivity contribution in [2.75, 3.05) is 33.2 Å². The summed E-state index contributed by atoms with van der Waals surface area (Å²) in [5.74, 6) is 0.335. The summed E-state index contributed by atoms with van der Waals surface area (Å²) < 4.78 is 5.39. The minimum atomic E-state index is -0.498. The maximum atomic E-state index is 12.1. The number of amides is 2. The molecule has 2 rings (SSSR count). The summed E-state index contributed by atoms with van der Waals surface area (Å²) in [5.41, 5.74) is 7.18. The van der Waals surface area contributed by atoms with Crippen LogP contribution in [0.4, 0.5) is 4.79 Å². The summed E-state index contributed by atoms with van der Waals surface area (Å²) >= 11 is 0. The van der Waals surface area contributed by atoms with E-state index >= 15 is 0 Å². The van der Waals surface area contributed by atoms with Crippen molar-refractivity contribution in [2.24, 2.45) is 10.7 Å². The summed E-state index contributed by atoms with van der Waals surface area (Å²) in [6, 6.07) is 7.25. The highest BCUT2D eigenvalue weighted by Gasteiger charge is 2.26. The Morgan fingerprint density at radius 1 is 1.11 bits per heavy atom. The molecular formula is C19H30IN5O3. The molecule has 0 unspecified atom stereocenters. The fourth-order valence-electron chi connectivity index (χ4n) is 2.62. The van der Waals surface area contributed by atoms with Gasteiger partial charge in [0, 0.05) is 38.8 Å². The zero-order valence-corrected chi connectivity index (χ0v) is 19.2. The molecule has 0 aromatic heterocycles. The Morgan fingerprint density at radius 3 is 2.14 bits per heavy atom. The largest absolute Gasteiger partial charge is 0.444 e. The number of guanidine groups is 1. The predicted octanol–water partition coefficient (Wildman–Crippen LogP) is 2.03. The van der Waals surface area contributed by atoms with Gasteiger partial charge in [-0.2, -0.15) is 0 Å². The van der Waals surface area contributed by atoms with E-state index in [9.17, 15) is 9.59 Å². The number of nitrogens with one attached hydrogen (secondary N) is 1. The van der Waals surface area contributed by atoms with Crippen LogP contribution >= 0.6 is 24.0 Å². The number of ether oxygens (including phenoxy) is 1. The standard InChI is InChI=1S/C19H29N5O3.HI/c1-19(2,3)27-18(26)24-11-9-23(10-12-24)17(20)22-13-14-5-7-15(8-6-14)16(25)21-4;/h5-8H,9-13H2,1-4H3,(H2,20,22)(H,21,25);1H. The molecule has 1 aromatic carbocycles. The van der Waals surface area contributed by atoms with Gasteiger partial charge in [0.25, 0.3) is 5.91 Å². The first-order chi connectivity index (χ1) is 12.7. The number of nitrogens with zero attached hydrogens (tertiary/aromatic N) is 3. The van der Waals surface area contributed by atoms with Crippen LogP contribution in [0.5, 0.6) is 0 Å². The summed E-state index contributed by atoms with van der Waals surface area (Å²) in [6.07, 6.45) is -0.297. The van der Waals surface area contributed by atoms with Crippen molar-refractivity contribution in [3.05, 3.63) is 35.4 Å². The Labute approximate surface area is 183 Å². The van der Waals surface area contributed by atoms with Crippen LogP contribution in [0.3, 0.4) is 0 Å². The molecule has 1 aliphatic rings. The number of rotatable bonds is 3. The molecule has 1 saturated heterocycles. The zero-order chi connectivity index (χ0) is 20.0. The van der Waals surface area contributed by atoms with Crippen LogP contribution in [0, 0.1) is 0 Å². The van der Waals surface area contributed by atoms with Crippen LogP contribution in [-0.2, 0) is 11.3 Å². The van der Waals surface area contributed by atoms with E-state index in [0.717, 1.165) is 5.56 Å². The third kappa shape index (κ3) is 7.17. The molecule has 0 atom stereocenters. The Kier molecular flexibility index (Phi) is 8.99. The molecule has 1 fully saturated rings. The quantitative estimate of drug-likeness (QED) is 0.374. The Balaban J connectivity index is 0.00000392. The number of benzene rings is 1. The molecule has 9 heteroatoms. The van der Waals surface area contributed by atoms with Crippen molar-refractivity contribution >= 4 is 41.9 Å². The number of carbonyl (C=O) groups excluding carboxylic acids is 2. The van der Waals surface area contributed by atoms with E-state index < -0.39 is 5.60 Å². The number of hydrogen-bond donors (Lipinski definition) is 2. The summed E-state index contributed by atoms with van der Waals surface area (Å²) in [7, 11) is 1.60. The summed E-state index contributed by atoms with van der Waals surface area (Å²) in [5, 5.41) is 2.59. The lowest BCUT2D eigenvalue weighted by Gasteiger charge is -2.36. The van der Waals surface area contributed by atoms with Crippen molar-refractivity contribution in [3.8, 4) is 0 Å². The maximum absolute atomic E-state index is 12.1. The van der Waals surface area contributed by atoms with Crippen LogP contribution in [0.15, 0.2) is 29.3 Å². The van der Waals surface area contributed by atoms with Gasteiger partial charge in [-0.1, -0.05) is 12.1 Å². The van der Waals surface area contributed by atoms with Gasteiger partial charge in [-0.15, -0.1) is 24.0 Å². The lowest BCUT2D eigenvalue weighted by molar-refractivity contribution is 0.0186. The maximum Gasteiger partial charge on any atom is 0.410 e. The Morgan fingerprint density at radius 2 is 1.64 bits per heavy atom. The number of aliphatic imine (C=N–C) groups is 1. The molecule has 0 spiro atoms. The third-order valence-electron chi connectivity index (χ3n) is 4.12. The molecule has 1 aromatic rings. The second-order valence-electron chi connectivity index (χ2n) is 7.40. The average molecular weight is 503 g/mol. The van der Waals surface area contributed by atoms with Crippen LogP contribution in [0.1, 0.15) is 36.7 Å². The minimum Gasteiger partial charge on any atom is -0.444 e. The Bertz CT molecular complexity index is 693. The molecule has 3 N–H and O–H groups in total. The molecule has 0 saturated carbocycles. The first-order valence-electron chi connectivity index (χ1n) is 9.03. The van der Waals surface area contributed by atoms with Gasteiger partial charge in [-0.05, 0) is 38.5 Å². The lowest BCUT2D eigenvalue weighted by atomic mass is 10.1. The van der Waals surface area contributed by atoms with Crippen molar-refractivity contribution in [1.29, 1.82) is 0 Å². The highest BCUT2D eigenvalue weighted by molar-refractivity contribution is 14.0. The van der Waals surface area contributed by atoms with Crippen LogP contribution < -0.4 is 11.1 Å². The number of halogens is 1. The lowest BCUT2D eigenvalue weighted by Crippen LogP contribution is -2.53. The first kappa shape index (κ1) is 24.0. The second-order valence-corrected chi connectivity index (χ2v) is 7.40. The molecule has 0 bridgehead atoms. The van der Waals surface area contributed by atoms with E-state index in [1.54, 1.807) is 24.1 Å². The van der Waals surface area contributed by atoms with Crippen LogP contribution in [-0.4, -0.2) is 66.6 Å². The summed E-state index contributed by atoms with van der Waals surface area (Å²) in [4.78, 5) is 31.7. The molecule has 1 aliphatic heterocycles. The van der Waals surface area contributed by atoms with Crippen molar-refractivity contribution in [3.63, 3.8) is 0 Å². The van der Waals surface area contributed by atoms with Gasteiger partial charge in [-0.25, -0.2) is 9.79 Å². The predicted molar refractivity (Wildman–Crippen MR) is 120 cm³/mol. The molecule has 0 radical (unpaired) electrons. The van der Waals surface area contributed by atoms with Gasteiger partial charge < -0.3 is 25.6 Å². The molecule has 8 nitrogen and oxygen atoms in total. The van der Waals surface area contributed by atoms with E-state index in [2.05, 4.69) is 10.3 Å². The van der Waals surface area contributed by atoms with Gasteiger partial charge in [0.05, 0.1) is 6.54 Å². The average Bonchev–Trinajstić information content (AvgIpc) is 2.64. The van der Waals surface area contributed by atoms with E-state index in [1.165, 1.54) is 0 Å². The van der Waals surface area contributed by atoms with Gasteiger partial charge in [-0.3, -0.25) is 4.79 Å². The van der Waals surface area contributed by atoms with E-state index in [4.69, 9.17) is 10.5 Å². The number of carbonyl (C=O) groups is 2. The van der Waals surface area contributed by atoms with Crippen molar-refractivity contribution in [1.82, 2.24) is 15.1 Å².